The van der Waals surface area contributed by atoms with E-state index in [4.69, 9.17) is 0 Å². The van der Waals surface area contributed by atoms with E-state index in [-0.39, 0.29) is 0 Å². The summed E-state index contributed by atoms with van der Waals surface area (Å²) in [6.45, 7) is 7.08. The number of aryl methyl sites for hydroxylation is 2. The number of hydrogen-bond acceptors (Lipinski definition) is 3. The number of hydrogen-bond donors (Lipinski definition) is 1. The number of nitrogens with one attached hydrogen (secondary N) is 1. The Morgan fingerprint density at radius 2 is 2.00 bits per heavy atom. The first-order chi connectivity index (χ1) is 8.69. The number of pyridine rings is 1. The summed E-state index contributed by atoms with van der Waals surface area (Å²) in [5.41, 5.74) is 4.81. The minimum Gasteiger partial charge on any atom is -0.383 e. The molecule has 2 rings (SSSR count). The molecular formula is C15H17N3. The third-order valence-corrected chi connectivity index (χ3v) is 3.10. The molecule has 0 aliphatic carbocycles. The third-order valence-electron chi connectivity index (χ3n) is 3.10. The van der Waals surface area contributed by atoms with Crippen LogP contribution in [0.15, 0.2) is 18.3 Å². The Morgan fingerprint density at radius 3 is 2.67 bits per heavy atom. The van der Waals surface area contributed by atoms with Crippen LogP contribution >= 0.6 is 0 Å². The molecule has 1 aromatic carbocycles. The molecule has 3 heteroatoms. The highest BCUT2D eigenvalue weighted by Crippen LogP contribution is 2.30. The number of nitriles is 1. The van der Waals surface area contributed by atoms with Gasteiger partial charge in [-0.25, -0.2) is 0 Å². The molecule has 0 amide bonds. The molecule has 0 radical (unpaired) electrons. The molecule has 1 aromatic heterocycles. The predicted molar refractivity (Wildman–Crippen MR) is 74.7 cm³/mol. The van der Waals surface area contributed by atoms with Gasteiger partial charge in [0.15, 0.2) is 0 Å². The lowest BCUT2D eigenvalue weighted by atomic mass is 10.0. The molecule has 0 aliphatic rings. The highest BCUT2D eigenvalue weighted by Gasteiger charge is 2.11. The van der Waals surface area contributed by atoms with Crippen molar-refractivity contribution in [2.75, 3.05) is 11.9 Å². The largest absolute Gasteiger partial charge is 0.383 e. The zero-order valence-electron chi connectivity index (χ0n) is 11.0. The van der Waals surface area contributed by atoms with Gasteiger partial charge in [0.2, 0.25) is 0 Å². The Bertz CT molecular complexity index is 624. The van der Waals surface area contributed by atoms with Crippen molar-refractivity contribution in [2.45, 2.75) is 27.2 Å². The molecule has 1 N–H and O–H groups in total. The lowest BCUT2D eigenvalue weighted by molar-refractivity contribution is 0.980. The first-order valence-electron chi connectivity index (χ1n) is 6.22. The number of benzene rings is 1. The average molecular weight is 239 g/mol. The molecule has 3 nitrogen and oxygen atoms in total. The van der Waals surface area contributed by atoms with Crippen molar-refractivity contribution in [1.82, 2.24) is 4.98 Å². The van der Waals surface area contributed by atoms with E-state index in [9.17, 15) is 5.26 Å². The van der Waals surface area contributed by atoms with Gasteiger partial charge in [0, 0.05) is 18.1 Å². The molecule has 92 valence electrons. The van der Waals surface area contributed by atoms with Crippen LogP contribution in [0.5, 0.6) is 0 Å². The predicted octanol–water partition coefficient (Wildman–Crippen LogP) is 3.55. The van der Waals surface area contributed by atoms with Gasteiger partial charge in [-0.1, -0.05) is 19.1 Å². The van der Waals surface area contributed by atoms with Gasteiger partial charge in [0.25, 0.3) is 0 Å². The van der Waals surface area contributed by atoms with Crippen molar-refractivity contribution in [3.8, 4) is 6.07 Å². The van der Waals surface area contributed by atoms with Crippen molar-refractivity contribution >= 4 is 16.6 Å². The zero-order valence-corrected chi connectivity index (χ0v) is 11.0. The summed E-state index contributed by atoms with van der Waals surface area (Å²) in [6, 6.07) is 6.37. The number of nitrogens with zero attached hydrogens (tertiary/aromatic N) is 2. The maximum absolute atomic E-state index is 9.21. The lowest BCUT2D eigenvalue weighted by Crippen LogP contribution is -2.04. The second-order valence-electron chi connectivity index (χ2n) is 4.51. The maximum Gasteiger partial charge on any atom is 0.103 e. The molecule has 18 heavy (non-hydrogen) atoms. The molecular weight excluding hydrogens is 222 g/mol. The molecule has 0 fully saturated rings. The standard InChI is InChI=1S/C15H17N3/c1-4-7-17-15-12(8-16)9-18-14-11(3)6-5-10(2)13(14)15/h5-6,9H,4,7H2,1-3H3,(H,17,18). The SMILES string of the molecule is CCCNc1c(C#N)cnc2c(C)ccc(C)c12. The summed E-state index contributed by atoms with van der Waals surface area (Å²) >= 11 is 0. The van der Waals surface area contributed by atoms with E-state index >= 15 is 0 Å². The Morgan fingerprint density at radius 1 is 1.28 bits per heavy atom. The minimum atomic E-state index is 0.615. The van der Waals surface area contributed by atoms with E-state index in [2.05, 4.69) is 42.4 Å². The van der Waals surface area contributed by atoms with Gasteiger partial charge in [0.05, 0.1) is 16.8 Å². The molecule has 0 bridgehead atoms. The fourth-order valence-electron chi connectivity index (χ4n) is 2.12. The van der Waals surface area contributed by atoms with E-state index in [0.29, 0.717) is 5.56 Å². The summed E-state index contributed by atoms with van der Waals surface area (Å²) in [5, 5.41) is 13.6. The molecule has 0 atom stereocenters. The van der Waals surface area contributed by atoms with Gasteiger partial charge < -0.3 is 5.32 Å². The number of anilines is 1. The highest BCUT2D eigenvalue weighted by molar-refractivity contribution is 5.97. The van der Waals surface area contributed by atoms with E-state index in [1.165, 1.54) is 0 Å². The minimum absolute atomic E-state index is 0.615. The molecule has 2 aromatic rings. The van der Waals surface area contributed by atoms with Gasteiger partial charge in [-0.3, -0.25) is 4.98 Å². The Hall–Kier alpha value is -2.08. The van der Waals surface area contributed by atoms with E-state index in [0.717, 1.165) is 40.7 Å². The zero-order chi connectivity index (χ0) is 13.1. The van der Waals surface area contributed by atoms with Gasteiger partial charge in [0.1, 0.15) is 6.07 Å². The summed E-state index contributed by atoms with van der Waals surface area (Å²) < 4.78 is 0. The third kappa shape index (κ3) is 2.02. The average Bonchev–Trinajstić information content (AvgIpc) is 2.39. The molecule has 0 aliphatic heterocycles. The Balaban J connectivity index is 2.76. The van der Waals surface area contributed by atoms with Crippen LogP contribution < -0.4 is 5.32 Å². The van der Waals surface area contributed by atoms with Gasteiger partial charge in [-0.05, 0) is 31.4 Å². The van der Waals surface area contributed by atoms with E-state index < -0.39 is 0 Å². The first-order valence-corrected chi connectivity index (χ1v) is 6.22. The van der Waals surface area contributed by atoms with Gasteiger partial charge >= 0.3 is 0 Å². The number of fused-ring (bicyclic) bond motifs is 1. The second-order valence-corrected chi connectivity index (χ2v) is 4.51. The fraction of sp³-hybridized carbons (Fsp3) is 0.333. The maximum atomic E-state index is 9.21. The monoisotopic (exact) mass is 239 g/mol. The lowest BCUT2D eigenvalue weighted by Gasteiger charge is -2.13. The number of rotatable bonds is 3. The number of aromatic nitrogens is 1. The molecule has 0 saturated heterocycles. The Labute approximate surface area is 107 Å². The van der Waals surface area contributed by atoms with Crippen molar-refractivity contribution in [3.05, 3.63) is 35.0 Å². The summed E-state index contributed by atoms with van der Waals surface area (Å²) in [4.78, 5) is 4.42. The van der Waals surface area contributed by atoms with Gasteiger partial charge in [-0.15, -0.1) is 0 Å². The smallest absolute Gasteiger partial charge is 0.103 e. The quantitative estimate of drug-likeness (QED) is 0.891. The van der Waals surface area contributed by atoms with E-state index in [1.807, 2.05) is 6.92 Å². The van der Waals surface area contributed by atoms with Crippen molar-refractivity contribution in [1.29, 1.82) is 5.26 Å². The molecule has 0 saturated carbocycles. The second kappa shape index (κ2) is 5.05. The van der Waals surface area contributed by atoms with Crippen LogP contribution in [-0.4, -0.2) is 11.5 Å². The van der Waals surface area contributed by atoms with Crippen LogP contribution in [-0.2, 0) is 0 Å². The summed E-state index contributed by atoms with van der Waals surface area (Å²) in [6.07, 6.45) is 2.69. The Kier molecular flexibility index (Phi) is 3.47. The van der Waals surface area contributed by atoms with Crippen molar-refractivity contribution < 1.29 is 0 Å². The van der Waals surface area contributed by atoms with Crippen LogP contribution in [0.25, 0.3) is 10.9 Å². The van der Waals surface area contributed by atoms with Crippen molar-refractivity contribution in [2.24, 2.45) is 0 Å². The van der Waals surface area contributed by atoms with Crippen LogP contribution in [0.1, 0.15) is 30.0 Å². The molecule has 0 unspecified atom stereocenters. The summed E-state index contributed by atoms with van der Waals surface area (Å²) in [5.74, 6) is 0. The molecule has 0 spiro atoms. The van der Waals surface area contributed by atoms with Crippen LogP contribution in [0.2, 0.25) is 0 Å². The summed E-state index contributed by atoms with van der Waals surface area (Å²) in [7, 11) is 0. The van der Waals surface area contributed by atoms with Crippen LogP contribution in [0, 0.1) is 25.2 Å². The molecule has 1 heterocycles. The van der Waals surface area contributed by atoms with E-state index in [1.54, 1.807) is 6.20 Å². The van der Waals surface area contributed by atoms with Crippen molar-refractivity contribution in [3.63, 3.8) is 0 Å². The fourth-order valence-corrected chi connectivity index (χ4v) is 2.12. The highest BCUT2D eigenvalue weighted by atomic mass is 14.9. The topological polar surface area (TPSA) is 48.7 Å². The van der Waals surface area contributed by atoms with Crippen LogP contribution in [0.3, 0.4) is 0 Å². The van der Waals surface area contributed by atoms with Crippen LogP contribution in [0.4, 0.5) is 5.69 Å². The van der Waals surface area contributed by atoms with Gasteiger partial charge in [-0.2, -0.15) is 5.26 Å². The first kappa shape index (κ1) is 12.4. The normalized spacial score (nSPS) is 10.3.